The van der Waals surface area contributed by atoms with Crippen molar-refractivity contribution < 1.29 is 24.2 Å². The van der Waals surface area contributed by atoms with Crippen LogP contribution in [0, 0.1) is 5.92 Å². The van der Waals surface area contributed by atoms with Crippen LogP contribution in [-0.4, -0.2) is 47.7 Å². The molecule has 2 rings (SSSR count). The molecule has 138 valence electrons. The maximum absolute atomic E-state index is 13.0. The number of carboxylic acids is 1. The van der Waals surface area contributed by atoms with Crippen LogP contribution in [0.1, 0.15) is 50.4 Å². The Bertz CT molecular complexity index is 616. The van der Waals surface area contributed by atoms with E-state index in [4.69, 9.17) is 14.6 Å². The van der Waals surface area contributed by atoms with Crippen LogP contribution in [0.3, 0.4) is 0 Å². The molecule has 0 spiro atoms. The van der Waals surface area contributed by atoms with Crippen molar-refractivity contribution in [1.29, 1.82) is 0 Å². The molecule has 1 heterocycles. The normalized spacial score (nSPS) is 20.7. The van der Waals surface area contributed by atoms with Crippen LogP contribution in [0.4, 0.5) is 0 Å². The van der Waals surface area contributed by atoms with Gasteiger partial charge in [-0.3, -0.25) is 4.79 Å². The number of amides is 1. The third kappa shape index (κ3) is 5.11. The average molecular weight is 349 g/mol. The Balaban J connectivity index is 2.23. The summed E-state index contributed by atoms with van der Waals surface area (Å²) in [5, 5.41) is 8.76. The standard InChI is InChI=1S/C19H27NO5/c1-4-24-17-10-15(8-9-16(17)25-12-18(21)22)19(23)20-11-13(2)6-5-7-14(20)3/h8-10,13-14H,4-7,11-12H2,1-3H3,(H,21,22). The molecule has 1 fully saturated rings. The second kappa shape index (κ2) is 8.74. The van der Waals surface area contributed by atoms with Crippen molar-refractivity contribution in [3.63, 3.8) is 0 Å². The van der Waals surface area contributed by atoms with E-state index in [0.717, 1.165) is 25.8 Å². The summed E-state index contributed by atoms with van der Waals surface area (Å²) in [5.74, 6) is 0.128. The molecule has 0 aliphatic carbocycles. The van der Waals surface area contributed by atoms with E-state index < -0.39 is 12.6 Å². The number of benzene rings is 1. The van der Waals surface area contributed by atoms with Gasteiger partial charge >= 0.3 is 5.97 Å². The van der Waals surface area contributed by atoms with E-state index in [1.165, 1.54) is 0 Å². The Morgan fingerprint density at radius 3 is 2.64 bits per heavy atom. The lowest BCUT2D eigenvalue weighted by atomic mass is 10.1. The molecule has 0 aromatic heterocycles. The van der Waals surface area contributed by atoms with Gasteiger partial charge in [-0.2, -0.15) is 0 Å². The maximum Gasteiger partial charge on any atom is 0.341 e. The summed E-state index contributed by atoms with van der Waals surface area (Å²) in [4.78, 5) is 25.6. The van der Waals surface area contributed by atoms with Crippen molar-refractivity contribution >= 4 is 11.9 Å². The van der Waals surface area contributed by atoms with E-state index in [-0.39, 0.29) is 11.9 Å². The summed E-state index contributed by atoms with van der Waals surface area (Å²) < 4.78 is 10.8. The Labute approximate surface area is 148 Å². The first kappa shape index (κ1) is 19.1. The molecular weight excluding hydrogens is 322 g/mol. The molecule has 1 aromatic carbocycles. The molecule has 6 nitrogen and oxygen atoms in total. The molecule has 1 aliphatic rings. The molecule has 0 saturated carbocycles. The zero-order valence-corrected chi connectivity index (χ0v) is 15.2. The van der Waals surface area contributed by atoms with Crippen LogP contribution in [0.2, 0.25) is 0 Å². The molecule has 2 atom stereocenters. The number of rotatable bonds is 6. The molecule has 1 aromatic rings. The number of hydrogen-bond donors (Lipinski definition) is 1. The molecular formula is C19H27NO5. The minimum Gasteiger partial charge on any atom is -0.490 e. The van der Waals surface area contributed by atoms with Crippen LogP contribution < -0.4 is 9.47 Å². The topological polar surface area (TPSA) is 76.1 Å². The fourth-order valence-corrected chi connectivity index (χ4v) is 3.14. The van der Waals surface area contributed by atoms with Crippen LogP contribution in [0.5, 0.6) is 11.5 Å². The first-order chi connectivity index (χ1) is 11.9. The second-order valence-corrected chi connectivity index (χ2v) is 6.62. The van der Waals surface area contributed by atoms with Crippen molar-refractivity contribution in [1.82, 2.24) is 4.90 Å². The van der Waals surface area contributed by atoms with Crippen LogP contribution >= 0.6 is 0 Å². The number of carboxylic acid groups (broad SMARTS) is 1. The Morgan fingerprint density at radius 2 is 1.96 bits per heavy atom. The number of likely N-dealkylation sites (tertiary alicyclic amines) is 1. The lowest BCUT2D eigenvalue weighted by molar-refractivity contribution is -0.139. The highest BCUT2D eigenvalue weighted by Crippen LogP contribution is 2.30. The van der Waals surface area contributed by atoms with Gasteiger partial charge in [0.05, 0.1) is 6.61 Å². The van der Waals surface area contributed by atoms with Crippen LogP contribution in [0.15, 0.2) is 18.2 Å². The molecule has 1 amide bonds. The van der Waals surface area contributed by atoms with Gasteiger partial charge in [0.1, 0.15) is 0 Å². The summed E-state index contributed by atoms with van der Waals surface area (Å²) >= 11 is 0. The summed E-state index contributed by atoms with van der Waals surface area (Å²) in [6.07, 6.45) is 3.28. The van der Waals surface area contributed by atoms with Crippen molar-refractivity contribution in [2.45, 2.75) is 46.1 Å². The quantitative estimate of drug-likeness (QED) is 0.853. The molecule has 6 heteroatoms. The SMILES string of the molecule is CCOc1cc(C(=O)N2CC(C)CCCC2C)ccc1OCC(=O)O. The lowest BCUT2D eigenvalue weighted by Crippen LogP contribution is -2.39. The maximum atomic E-state index is 13.0. The number of carbonyl (C=O) groups excluding carboxylic acids is 1. The van der Waals surface area contributed by atoms with Gasteiger partial charge in [0.2, 0.25) is 0 Å². The van der Waals surface area contributed by atoms with Gasteiger partial charge in [-0.1, -0.05) is 13.3 Å². The lowest BCUT2D eigenvalue weighted by Gasteiger charge is -2.29. The summed E-state index contributed by atoms with van der Waals surface area (Å²) in [7, 11) is 0. The number of carbonyl (C=O) groups is 2. The van der Waals surface area contributed by atoms with Crippen LogP contribution in [-0.2, 0) is 4.79 Å². The number of aliphatic carboxylic acids is 1. The Hall–Kier alpha value is -2.24. The largest absolute Gasteiger partial charge is 0.490 e. The zero-order chi connectivity index (χ0) is 18.4. The Morgan fingerprint density at radius 1 is 1.20 bits per heavy atom. The monoisotopic (exact) mass is 349 g/mol. The van der Waals surface area contributed by atoms with Gasteiger partial charge < -0.3 is 19.5 Å². The predicted octanol–water partition coefficient (Wildman–Crippen LogP) is 3.20. The van der Waals surface area contributed by atoms with Gasteiger partial charge in [-0.05, 0) is 50.8 Å². The minimum absolute atomic E-state index is 0.0213. The third-order valence-electron chi connectivity index (χ3n) is 4.46. The molecule has 25 heavy (non-hydrogen) atoms. The number of nitrogens with zero attached hydrogens (tertiary/aromatic N) is 1. The second-order valence-electron chi connectivity index (χ2n) is 6.62. The summed E-state index contributed by atoms with van der Waals surface area (Å²) in [6, 6.07) is 5.12. The molecule has 0 radical (unpaired) electrons. The zero-order valence-electron chi connectivity index (χ0n) is 15.2. The van der Waals surface area contributed by atoms with Crippen molar-refractivity contribution in [3.8, 4) is 11.5 Å². The number of ether oxygens (including phenoxy) is 2. The first-order valence-corrected chi connectivity index (χ1v) is 8.84. The molecule has 0 bridgehead atoms. The van der Waals surface area contributed by atoms with Gasteiger partial charge in [-0.25, -0.2) is 4.79 Å². The van der Waals surface area contributed by atoms with E-state index in [2.05, 4.69) is 13.8 Å². The third-order valence-corrected chi connectivity index (χ3v) is 4.46. The highest BCUT2D eigenvalue weighted by molar-refractivity contribution is 5.95. The predicted molar refractivity (Wildman–Crippen MR) is 94.3 cm³/mol. The van der Waals surface area contributed by atoms with Gasteiger partial charge in [-0.15, -0.1) is 0 Å². The van der Waals surface area contributed by atoms with Crippen molar-refractivity contribution in [2.75, 3.05) is 19.8 Å². The summed E-state index contributed by atoms with van der Waals surface area (Å²) in [6.45, 7) is 6.79. The molecule has 1 saturated heterocycles. The number of hydrogen-bond acceptors (Lipinski definition) is 4. The first-order valence-electron chi connectivity index (χ1n) is 8.84. The van der Waals surface area contributed by atoms with Gasteiger partial charge in [0.25, 0.3) is 5.91 Å². The summed E-state index contributed by atoms with van der Waals surface area (Å²) in [5.41, 5.74) is 0.534. The minimum atomic E-state index is -1.06. The van der Waals surface area contributed by atoms with Gasteiger partial charge in [0, 0.05) is 18.2 Å². The van der Waals surface area contributed by atoms with E-state index in [1.54, 1.807) is 18.2 Å². The fraction of sp³-hybridized carbons (Fsp3) is 0.579. The highest BCUT2D eigenvalue weighted by atomic mass is 16.5. The van der Waals surface area contributed by atoms with Crippen molar-refractivity contribution in [2.24, 2.45) is 5.92 Å². The molecule has 1 aliphatic heterocycles. The molecule has 1 N–H and O–H groups in total. The van der Waals surface area contributed by atoms with Crippen molar-refractivity contribution in [3.05, 3.63) is 23.8 Å². The highest BCUT2D eigenvalue weighted by Gasteiger charge is 2.26. The van der Waals surface area contributed by atoms with E-state index >= 15 is 0 Å². The van der Waals surface area contributed by atoms with E-state index in [1.807, 2.05) is 11.8 Å². The Kier molecular flexibility index (Phi) is 6.67. The smallest absolute Gasteiger partial charge is 0.341 e. The molecule has 2 unspecified atom stereocenters. The van der Waals surface area contributed by atoms with Gasteiger partial charge in [0.15, 0.2) is 18.1 Å². The average Bonchev–Trinajstić information content (AvgIpc) is 2.74. The fourth-order valence-electron chi connectivity index (χ4n) is 3.14. The van der Waals surface area contributed by atoms with E-state index in [9.17, 15) is 9.59 Å². The van der Waals surface area contributed by atoms with Crippen LogP contribution in [0.25, 0.3) is 0 Å². The van der Waals surface area contributed by atoms with E-state index in [0.29, 0.717) is 29.6 Å².